The predicted molar refractivity (Wildman–Crippen MR) is 133 cm³/mol. The number of fused-ring (bicyclic) bond motifs is 1. The van der Waals surface area contributed by atoms with E-state index in [2.05, 4.69) is 10.3 Å². The highest BCUT2D eigenvalue weighted by molar-refractivity contribution is 5.92. The lowest BCUT2D eigenvalue weighted by molar-refractivity contribution is -0.134. The number of anilines is 1. The van der Waals surface area contributed by atoms with Crippen LogP contribution in [0, 0.1) is 5.92 Å². The Kier molecular flexibility index (Phi) is 7.64. The molecule has 0 unspecified atom stereocenters. The zero-order valence-corrected chi connectivity index (χ0v) is 20.0. The number of amides is 2. The molecule has 1 saturated heterocycles. The number of hydrogen-bond acceptors (Lipinski definition) is 6. The van der Waals surface area contributed by atoms with Gasteiger partial charge in [0.2, 0.25) is 11.8 Å². The molecule has 1 fully saturated rings. The number of para-hydroxylation sites is 1. The van der Waals surface area contributed by atoms with Crippen LogP contribution < -0.4 is 20.3 Å². The van der Waals surface area contributed by atoms with E-state index in [1.807, 2.05) is 35.2 Å². The minimum atomic E-state index is -0.186. The highest BCUT2D eigenvalue weighted by atomic mass is 16.5. The van der Waals surface area contributed by atoms with Crippen LogP contribution in [0.3, 0.4) is 0 Å². The fraction of sp³-hybridized carbons (Fsp3) is 0.385. The number of methoxy groups -OCH3 is 2. The van der Waals surface area contributed by atoms with E-state index in [1.54, 1.807) is 12.1 Å². The number of ether oxygens (including phenoxy) is 2. The van der Waals surface area contributed by atoms with Crippen molar-refractivity contribution in [1.29, 1.82) is 0 Å². The number of nitrogens with zero attached hydrogens (tertiary/aromatic N) is 3. The second-order valence-corrected chi connectivity index (χ2v) is 8.58. The standard InChI is InChI=1S/C26H30N4O5/c1-34-22-15-20-21(16-23(22)35-2)27-17-30(26(20)33)12-6-9-24(31)29-13-10-18(11-14-29)25(32)28-19-7-4-3-5-8-19/h3-5,7-8,15-18H,6,9-14H2,1-2H3,(H,28,32). The van der Waals surface area contributed by atoms with Crippen LogP contribution in [0.15, 0.2) is 53.6 Å². The Labute approximate surface area is 203 Å². The van der Waals surface area contributed by atoms with Gasteiger partial charge in [-0.3, -0.25) is 19.0 Å². The van der Waals surface area contributed by atoms with Gasteiger partial charge in [0, 0.05) is 43.7 Å². The quantitative estimate of drug-likeness (QED) is 0.534. The van der Waals surface area contributed by atoms with E-state index < -0.39 is 0 Å². The number of aromatic nitrogens is 2. The molecule has 0 atom stereocenters. The first kappa shape index (κ1) is 24.3. The minimum Gasteiger partial charge on any atom is -0.493 e. The van der Waals surface area contributed by atoms with E-state index in [-0.39, 0.29) is 23.3 Å². The summed E-state index contributed by atoms with van der Waals surface area (Å²) in [7, 11) is 3.05. The summed E-state index contributed by atoms with van der Waals surface area (Å²) in [5, 5.41) is 3.38. The Morgan fingerprint density at radius 1 is 1.06 bits per heavy atom. The molecule has 184 valence electrons. The van der Waals surface area contributed by atoms with Crippen molar-refractivity contribution in [3.05, 3.63) is 59.1 Å². The first-order chi connectivity index (χ1) is 17.0. The maximum absolute atomic E-state index is 12.9. The Bertz CT molecular complexity index is 1250. The predicted octanol–water partition coefficient (Wildman–Crippen LogP) is 3.07. The van der Waals surface area contributed by atoms with Crippen LogP contribution in [0.1, 0.15) is 25.7 Å². The molecule has 1 aliphatic heterocycles. The topological polar surface area (TPSA) is 103 Å². The minimum absolute atomic E-state index is 0.000675. The number of carbonyl (C=O) groups is 2. The Hall–Kier alpha value is -3.88. The first-order valence-corrected chi connectivity index (χ1v) is 11.7. The van der Waals surface area contributed by atoms with E-state index in [0.29, 0.717) is 67.7 Å². The maximum Gasteiger partial charge on any atom is 0.261 e. The van der Waals surface area contributed by atoms with Crippen molar-refractivity contribution < 1.29 is 19.1 Å². The van der Waals surface area contributed by atoms with Crippen molar-refractivity contribution in [1.82, 2.24) is 14.5 Å². The van der Waals surface area contributed by atoms with Gasteiger partial charge >= 0.3 is 0 Å². The van der Waals surface area contributed by atoms with E-state index >= 15 is 0 Å². The monoisotopic (exact) mass is 478 g/mol. The van der Waals surface area contributed by atoms with Gasteiger partial charge in [-0.1, -0.05) is 18.2 Å². The van der Waals surface area contributed by atoms with Crippen molar-refractivity contribution in [3.8, 4) is 11.5 Å². The SMILES string of the molecule is COc1cc2ncn(CCCC(=O)N3CCC(C(=O)Nc4ccccc4)CC3)c(=O)c2cc1OC. The highest BCUT2D eigenvalue weighted by Crippen LogP contribution is 2.29. The Balaban J connectivity index is 1.28. The van der Waals surface area contributed by atoms with Gasteiger partial charge in [0.05, 0.1) is 31.4 Å². The van der Waals surface area contributed by atoms with Gasteiger partial charge in [0.1, 0.15) is 0 Å². The van der Waals surface area contributed by atoms with Crippen LogP contribution in [0.2, 0.25) is 0 Å². The Morgan fingerprint density at radius 3 is 2.43 bits per heavy atom. The zero-order valence-electron chi connectivity index (χ0n) is 20.0. The molecule has 1 aliphatic rings. The molecule has 9 heteroatoms. The van der Waals surface area contributed by atoms with Gasteiger partial charge in [0.15, 0.2) is 11.5 Å². The van der Waals surface area contributed by atoms with E-state index in [9.17, 15) is 14.4 Å². The molecule has 9 nitrogen and oxygen atoms in total. The number of nitrogens with one attached hydrogen (secondary N) is 1. The molecule has 0 spiro atoms. The molecular formula is C26H30N4O5. The summed E-state index contributed by atoms with van der Waals surface area (Å²) in [4.78, 5) is 44.3. The van der Waals surface area contributed by atoms with Gasteiger partial charge in [-0.05, 0) is 37.5 Å². The number of rotatable bonds is 8. The molecule has 2 amide bonds. The summed E-state index contributed by atoms with van der Waals surface area (Å²) < 4.78 is 12.1. The van der Waals surface area contributed by atoms with Gasteiger partial charge < -0.3 is 19.7 Å². The molecule has 1 aromatic heterocycles. The van der Waals surface area contributed by atoms with Crippen molar-refractivity contribution in [2.75, 3.05) is 32.6 Å². The number of likely N-dealkylation sites (tertiary alicyclic amines) is 1. The third kappa shape index (κ3) is 5.62. The lowest BCUT2D eigenvalue weighted by Crippen LogP contribution is -2.41. The molecule has 1 N–H and O–H groups in total. The smallest absolute Gasteiger partial charge is 0.261 e. The van der Waals surface area contributed by atoms with Gasteiger partial charge in [-0.15, -0.1) is 0 Å². The summed E-state index contributed by atoms with van der Waals surface area (Å²) in [5.41, 5.74) is 1.12. The number of aryl methyl sites for hydroxylation is 1. The van der Waals surface area contributed by atoms with Gasteiger partial charge in [-0.25, -0.2) is 4.98 Å². The molecule has 3 aromatic rings. The van der Waals surface area contributed by atoms with E-state index in [1.165, 1.54) is 25.1 Å². The van der Waals surface area contributed by atoms with Crippen LogP contribution in [-0.4, -0.2) is 53.6 Å². The molecule has 0 bridgehead atoms. The van der Waals surface area contributed by atoms with Crippen LogP contribution in [0.4, 0.5) is 5.69 Å². The third-order valence-electron chi connectivity index (χ3n) is 6.38. The fourth-order valence-corrected chi connectivity index (χ4v) is 4.36. The van der Waals surface area contributed by atoms with Gasteiger partial charge in [-0.2, -0.15) is 0 Å². The maximum atomic E-state index is 12.9. The average molecular weight is 479 g/mol. The van der Waals surface area contributed by atoms with Crippen LogP contribution in [0.25, 0.3) is 10.9 Å². The van der Waals surface area contributed by atoms with Crippen LogP contribution in [-0.2, 0) is 16.1 Å². The van der Waals surface area contributed by atoms with Crippen molar-refractivity contribution >= 4 is 28.4 Å². The number of carbonyl (C=O) groups excluding carboxylic acids is 2. The van der Waals surface area contributed by atoms with Crippen LogP contribution in [0.5, 0.6) is 11.5 Å². The largest absolute Gasteiger partial charge is 0.493 e. The highest BCUT2D eigenvalue weighted by Gasteiger charge is 2.27. The van der Waals surface area contributed by atoms with E-state index in [4.69, 9.17) is 9.47 Å². The summed E-state index contributed by atoms with van der Waals surface area (Å²) in [6.45, 7) is 1.51. The van der Waals surface area contributed by atoms with Gasteiger partial charge in [0.25, 0.3) is 5.56 Å². The number of benzene rings is 2. The van der Waals surface area contributed by atoms with Crippen molar-refractivity contribution in [3.63, 3.8) is 0 Å². The summed E-state index contributed by atoms with van der Waals surface area (Å²) >= 11 is 0. The lowest BCUT2D eigenvalue weighted by atomic mass is 9.95. The molecule has 35 heavy (non-hydrogen) atoms. The summed E-state index contributed by atoms with van der Waals surface area (Å²) in [5.74, 6) is 0.919. The molecule has 0 aliphatic carbocycles. The molecule has 2 heterocycles. The number of piperidine rings is 1. The molecule has 2 aromatic carbocycles. The first-order valence-electron chi connectivity index (χ1n) is 11.7. The van der Waals surface area contributed by atoms with Crippen molar-refractivity contribution in [2.24, 2.45) is 5.92 Å². The summed E-state index contributed by atoms with van der Waals surface area (Å²) in [6.07, 6.45) is 3.64. The van der Waals surface area contributed by atoms with Crippen LogP contribution >= 0.6 is 0 Å². The van der Waals surface area contributed by atoms with Crippen molar-refractivity contribution in [2.45, 2.75) is 32.2 Å². The molecule has 0 radical (unpaired) electrons. The number of hydrogen-bond donors (Lipinski definition) is 1. The fourth-order valence-electron chi connectivity index (χ4n) is 4.36. The zero-order chi connectivity index (χ0) is 24.8. The molecular weight excluding hydrogens is 448 g/mol. The lowest BCUT2D eigenvalue weighted by Gasteiger charge is -2.31. The second kappa shape index (κ2) is 11.0. The summed E-state index contributed by atoms with van der Waals surface area (Å²) in [6, 6.07) is 12.7. The average Bonchev–Trinajstić information content (AvgIpc) is 2.89. The van der Waals surface area contributed by atoms with E-state index in [0.717, 1.165) is 5.69 Å². The third-order valence-corrected chi connectivity index (χ3v) is 6.38. The molecule has 4 rings (SSSR count). The Morgan fingerprint density at radius 2 is 1.74 bits per heavy atom. The second-order valence-electron chi connectivity index (χ2n) is 8.58. The normalized spacial score (nSPS) is 14.1. The molecule has 0 saturated carbocycles.